The monoisotopic (exact) mass is 418 g/mol. The van der Waals surface area contributed by atoms with Gasteiger partial charge in [0.1, 0.15) is 5.54 Å². The molecule has 162 valence electrons. The van der Waals surface area contributed by atoms with Crippen molar-refractivity contribution >= 4 is 23.3 Å². The van der Waals surface area contributed by atoms with Crippen LogP contribution < -0.4 is 5.32 Å². The first-order chi connectivity index (χ1) is 14.9. The number of likely N-dealkylation sites (N-methyl/N-ethyl adjacent to an activating group) is 1. The van der Waals surface area contributed by atoms with Crippen LogP contribution in [0, 0.1) is 5.92 Å². The Morgan fingerprint density at radius 2 is 1.65 bits per heavy atom. The number of ketones is 1. The molecule has 2 aliphatic rings. The predicted molar refractivity (Wildman–Crippen MR) is 121 cm³/mol. The summed E-state index contributed by atoms with van der Waals surface area (Å²) in [5, 5.41) is 2.79. The van der Waals surface area contributed by atoms with E-state index in [-0.39, 0.29) is 5.78 Å². The van der Waals surface area contributed by atoms with Crippen LogP contribution in [0.4, 0.5) is 5.69 Å². The Morgan fingerprint density at radius 1 is 1.00 bits per heavy atom. The van der Waals surface area contributed by atoms with Gasteiger partial charge in [-0.05, 0) is 48.9 Å². The topological polar surface area (TPSA) is 66.5 Å². The maximum atomic E-state index is 13.2. The number of Topliss-reactive ketones (excluding diaryl/α,β-unsaturated/α-hetero) is 1. The third-order valence-corrected chi connectivity index (χ3v) is 7.02. The average Bonchev–Trinajstić information content (AvgIpc) is 2.95. The number of benzene rings is 2. The second-order valence-electron chi connectivity index (χ2n) is 9.08. The average molecular weight is 419 g/mol. The Morgan fingerprint density at radius 3 is 2.29 bits per heavy atom. The van der Waals surface area contributed by atoms with Gasteiger partial charge < -0.3 is 10.2 Å². The van der Waals surface area contributed by atoms with E-state index >= 15 is 0 Å². The van der Waals surface area contributed by atoms with E-state index in [1.165, 1.54) is 42.6 Å². The van der Waals surface area contributed by atoms with E-state index in [1.54, 1.807) is 14.0 Å². The van der Waals surface area contributed by atoms with Gasteiger partial charge in [0, 0.05) is 19.2 Å². The molecule has 4 rings (SSSR count). The minimum atomic E-state index is -1.31. The van der Waals surface area contributed by atoms with Crippen LogP contribution in [0.3, 0.4) is 0 Å². The standard InChI is InChI=1S/C26H30N2O3/c1-26(17-18-9-5-3-6-10-18)23(29)22(25(31)28(26)2)24(30)27-21-15-13-20(14-16-21)19-11-7-4-8-12-19/h3,5-6,9-10,13-16,19,22H,4,7-8,11-12,17H2,1-2H3,(H,27,30). The van der Waals surface area contributed by atoms with Gasteiger partial charge >= 0.3 is 0 Å². The van der Waals surface area contributed by atoms with Crippen LogP contribution in [0.25, 0.3) is 0 Å². The molecular weight excluding hydrogens is 388 g/mol. The molecule has 1 N–H and O–H groups in total. The van der Waals surface area contributed by atoms with E-state index < -0.39 is 23.3 Å². The van der Waals surface area contributed by atoms with Gasteiger partial charge in [-0.2, -0.15) is 0 Å². The van der Waals surface area contributed by atoms with E-state index in [9.17, 15) is 14.4 Å². The molecule has 0 bridgehead atoms. The van der Waals surface area contributed by atoms with Crippen LogP contribution >= 0.6 is 0 Å². The summed E-state index contributed by atoms with van der Waals surface area (Å²) in [5.41, 5.74) is 1.83. The van der Waals surface area contributed by atoms with Crippen molar-refractivity contribution < 1.29 is 14.4 Å². The molecule has 1 saturated carbocycles. The summed E-state index contributed by atoms with van der Waals surface area (Å²) in [6.45, 7) is 1.74. The molecule has 5 nitrogen and oxygen atoms in total. The van der Waals surface area contributed by atoms with Crippen molar-refractivity contribution in [2.45, 2.75) is 56.9 Å². The predicted octanol–water partition coefficient (Wildman–Crippen LogP) is 4.33. The minimum absolute atomic E-state index is 0.347. The van der Waals surface area contributed by atoms with Crippen LogP contribution in [-0.4, -0.2) is 35.1 Å². The SMILES string of the molecule is CN1C(=O)C(C(=O)Nc2ccc(C3CCCCC3)cc2)C(=O)C1(C)Cc1ccccc1. The fourth-order valence-corrected chi connectivity index (χ4v) is 4.94. The van der Waals surface area contributed by atoms with E-state index in [2.05, 4.69) is 17.4 Å². The lowest BCUT2D eigenvalue weighted by Crippen LogP contribution is -2.46. The molecule has 2 amide bonds. The Hall–Kier alpha value is -2.95. The second kappa shape index (κ2) is 8.66. The lowest BCUT2D eigenvalue weighted by Gasteiger charge is -2.30. The van der Waals surface area contributed by atoms with Gasteiger partial charge in [-0.1, -0.05) is 61.7 Å². The summed E-state index contributed by atoms with van der Waals surface area (Å²) < 4.78 is 0. The van der Waals surface area contributed by atoms with E-state index in [0.29, 0.717) is 18.0 Å². The third-order valence-electron chi connectivity index (χ3n) is 7.02. The molecular formula is C26H30N2O3. The number of carbonyl (C=O) groups is 3. The molecule has 1 saturated heterocycles. The lowest BCUT2D eigenvalue weighted by atomic mass is 9.84. The number of hydrogen-bond donors (Lipinski definition) is 1. The normalized spacial score (nSPS) is 24.5. The molecule has 1 aliphatic carbocycles. The zero-order valence-corrected chi connectivity index (χ0v) is 18.3. The Labute approximate surface area is 183 Å². The first kappa shape index (κ1) is 21.3. The summed E-state index contributed by atoms with van der Waals surface area (Å²) in [6, 6.07) is 17.4. The number of hydrogen-bond acceptors (Lipinski definition) is 3. The fourth-order valence-electron chi connectivity index (χ4n) is 4.94. The maximum absolute atomic E-state index is 13.2. The van der Waals surface area contributed by atoms with Gasteiger partial charge in [0.05, 0.1) is 0 Å². The van der Waals surface area contributed by atoms with E-state index in [4.69, 9.17) is 0 Å². The van der Waals surface area contributed by atoms with Gasteiger partial charge in [0.15, 0.2) is 11.7 Å². The Balaban J connectivity index is 1.46. The summed E-state index contributed by atoms with van der Waals surface area (Å²) in [6.07, 6.45) is 6.65. The van der Waals surface area contributed by atoms with Crippen LogP contribution in [-0.2, 0) is 20.8 Å². The molecule has 31 heavy (non-hydrogen) atoms. The lowest BCUT2D eigenvalue weighted by molar-refractivity contribution is -0.137. The summed E-state index contributed by atoms with van der Waals surface area (Å²) in [7, 11) is 1.61. The van der Waals surface area contributed by atoms with Gasteiger partial charge in [-0.25, -0.2) is 0 Å². The number of carbonyl (C=O) groups excluding carboxylic acids is 3. The van der Waals surface area contributed by atoms with Crippen molar-refractivity contribution in [2.75, 3.05) is 12.4 Å². The van der Waals surface area contributed by atoms with Crippen molar-refractivity contribution in [1.82, 2.24) is 4.90 Å². The zero-order chi connectivity index (χ0) is 22.0. The Bertz CT molecular complexity index is 964. The molecule has 0 spiro atoms. The molecule has 5 heteroatoms. The summed E-state index contributed by atoms with van der Waals surface area (Å²) >= 11 is 0. The first-order valence-electron chi connectivity index (χ1n) is 11.2. The van der Waals surface area contributed by atoms with Crippen LogP contribution in [0.5, 0.6) is 0 Å². The van der Waals surface area contributed by atoms with Crippen molar-refractivity contribution in [3.8, 4) is 0 Å². The molecule has 2 aromatic carbocycles. The molecule has 0 aromatic heterocycles. The van der Waals surface area contributed by atoms with Crippen LogP contribution in [0.15, 0.2) is 54.6 Å². The number of amides is 2. The highest BCUT2D eigenvalue weighted by atomic mass is 16.2. The molecule has 2 aromatic rings. The molecule has 0 radical (unpaired) electrons. The second-order valence-corrected chi connectivity index (χ2v) is 9.08. The molecule has 1 heterocycles. The minimum Gasteiger partial charge on any atom is -0.332 e. The summed E-state index contributed by atoms with van der Waals surface area (Å²) in [4.78, 5) is 40.4. The molecule has 2 atom stereocenters. The van der Waals surface area contributed by atoms with Crippen LogP contribution in [0.2, 0.25) is 0 Å². The molecule has 1 aliphatic heterocycles. The number of anilines is 1. The number of likely N-dealkylation sites (tertiary alicyclic amines) is 1. The summed E-state index contributed by atoms with van der Waals surface area (Å²) in [5.74, 6) is -2.07. The molecule has 2 unspecified atom stereocenters. The number of nitrogens with zero attached hydrogens (tertiary/aromatic N) is 1. The van der Waals surface area contributed by atoms with Gasteiger partial charge in [0.25, 0.3) is 0 Å². The zero-order valence-electron chi connectivity index (χ0n) is 18.3. The van der Waals surface area contributed by atoms with E-state index in [0.717, 1.165) is 5.56 Å². The highest BCUT2D eigenvalue weighted by Crippen LogP contribution is 2.35. The highest BCUT2D eigenvalue weighted by Gasteiger charge is 2.56. The van der Waals surface area contributed by atoms with Crippen molar-refractivity contribution in [1.29, 1.82) is 0 Å². The van der Waals surface area contributed by atoms with Gasteiger partial charge in [-0.15, -0.1) is 0 Å². The Kier molecular flexibility index (Phi) is 5.94. The first-order valence-corrected chi connectivity index (χ1v) is 11.2. The third kappa shape index (κ3) is 4.14. The van der Waals surface area contributed by atoms with Crippen LogP contribution in [0.1, 0.15) is 56.1 Å². The van der Waals surface area contributed by atoms with E-state index in [1.807, 2.05) is 42.5 Å². The van der Waals surface area contributed by atoms with Crippen molar-refractivity contribution in [3.63, 3.8) is 0 Å². The maximum Gasteiger partial charge on any atom is 0.244 e. The fraction of sp³-hybridized carbons (Fsp3) is 0.423. The highest BCUT2D eigenvalue weighted by molar-refractivity contribution is 6.27. The number of nitrogens with one attached hydrogen (secondary N) is 1. The largest absolute Gasteiger partial charge is 0.332 e. The number of rotatable bonds is 5. The van der Waals surface area contributed by atoms with Crippen molar-refractivity contribution in [3.05, 3.63) is 65.7 Å². The van der Waals surface area contributed by atoms with Gasteiger partial charge in [0.2, 0.25) is 11.8 Å². The quantitative estimate of drug-likeness (QED) is 0.735. The van der Waals surface area contributed by atoms with Crippen molar-refractivity contribution in [2.24, 2.45) is 5.92 Å². The molecule has 2 fully saturated rings. The van der Waals surface area contributed by atoms with Gasteiger partial charge in [-0.3, -0.25) is 14.4 Å². The smallest absolute Gasteiger partial charge is 0.244 e.